The lowest BCUT2D eigenvalue weighted by Crippen LogP contribution is -2.39. The lowest BCUT2D eigenvalue weighted by atomic mass is 10.1. The molecule has 2 atom stereocenters. The molecule has 0 saturated carbocycles. The molecule has 2 aliphatic rings. The van der Waals surface area contributed by atoms with Gasteiger partial charge in [0.2, 0.25) is 11.7 Å². The van der Waals surface area contributed by atoms with E-state index >= 15 is 0 Å². The predicted octanol–water partition coefficient (Wildman–Crippen LogP) is 2.03. The summed E-state index contributed by atoms with van der Waals surface area (Å²) in [6, 6.07) is 7.93. The largest absolute Gasteiger partial charge is 0.497 e. The van der Waals surface area contributed by atoms with Gasteiger partial charge in [0.05, 0.1) is 19.3 Å². The van der Waals surface area contributed by atoms with Gasteiger partial charge in [0.25, 0.3) is 0 Å². The zero-order chi connectivity index (χ0) is 17.2. The first kappa shape index (κ1) is 16.5. The second-order valence-corrected chi connectivity index (χ2v) is 6.63. The van der Waals surface area contributed by atoms with Gasteiger partial charge in [0, 0.05) is 31.4 Å². The number of rotatable bonds is 4. The Kier molecular flexibility index (Phi) is 4.70. The Morgan fingerprint density at radius 1 is 1.20 bits per heavy atom. The molecule has 1 aromatic carbocycles. The van der Waals surface area contributed by atoms with Crippen LogP contribution in [0.5, 0.6) is 5.75 Å². The lowest BCUT2D eigenvalue weighted by Gasteiger charge is -2.33. The molecule has 0 amide bonds. The monoisotopic (exact) mass is 345 g/mol. The van der Waals surface area contributed by atoms with Crippen LogP contribution in [0, 0.1) is 0 Å². The average molecular weight is 345 g/mol. The van der Waals surface area contributed by atoms with Crippen LogP contribution < -0.4 is 4.74 Å². The van der Waals surface area contributed by atoms with E-state index in [1.165, 1.54) is 0 Å². The molecule has 2 saturated heterocycles. The maximum absolute atomic E-state index is 10.2. The number of nitrogens with zero attached hydrogens (tertiary/aromatic N) is 3. The summed E-state index contributed by atoms with van der Waals surface area (Å²) in [4.78, 5) is 6.90. The molecule has 25 heavy (non-hydrogen) atoms. The zero-order valence-electron chi connectivity index (χ0n) is 14.3. The van der Waals surface area contributed by atoms with Crippen molar-refractivity contribution in [2.45, 2.75) is 37.5 Å². The van der Waals surface area contributed by atoms with Crippen molar-refractivity contribution in [1.29, 1.82) is 0 Å². The number of hydrogen-bond acceptors (Lipinski definition) is 7. The molecule has 0 spiro atoms. The summed E-state index contributed by atoms with van der Waals surface area (Å²) in [5.74, 6) is 1.93. The Bertz CT molecular complexity index is 697. The fourth-order valence-corrected chi connectivity index (χ4v) is 3.73. The molecule has 7 heteroatoms. The van der Waals surface area contributed by atoms with Crippen molar-refractivity contribution in [3.8, 4) is 17.1 Å². The molecule has 0 bridgehead atoms. The fourth-order valence-electron chi connectivity index (χ4n) is 3.73. The molecule has 0 aliphatic carbocycles. The van der Waals surface area contributed by atoms with Gasteiger partial charge in [-0.1, -0.05) is 5.16 Å². The van der Waals surface area contributed by atoms with Gasteiger partial charge in [-0.2, -0.15) is 4.98 Å². The topological polar surface area (TPSA) is 80.9 Å². The molecule has 7 nitrogen and oxygen atoms in total. The highest BCUT2D eigenvalue weighted by molar-refractivity contribution is 5.55. The molecule has 2 aromatic rings. The molecule has 1 aromatic heterocycles. The number of aliphatic hydroxyl groups is 1. The quantitative estimate of drug-likeness (QED) is 0.908. The summed E-state index contributed by atoms with van der Waals surface area (Å²) in [5, 5.41) is 14.3. The number of likely N-dealkylation sites (tertiary alicyclic amines) is 1. The van der Waals surface area contributed by atoms with E-state index in [1.807, 2.05) is 24.3 Å². The third-order valence-electron chi connectivity index (χ3n) is 5.05. The van der Waals surface area contributed by atoms with E-state index in [-0.39, 0.29) is 12.1 Å². The summed E-state index contributed by atoms with van der Waals surface area (Å²) >= 11 is 0. The first-order chi connectivity index (χ1) is 12.2. The summed E-state index contributed by atoms with van der Waals surface area (Å²) in [6.07, 6.45) is 2.22. The van der Waals surface area contributed by atoms with Crippen LogP contribution in [0.3, 0.4) is 0 Å². The van der Waals surface area contributed by atoms with Gasteiger partial charge in [-0.25, -0.2) is 0 Å². The van der Waals surface area contributed by atoms with E-state index < -0.39 is 0 Å². The maximum atomic E-state index is 10.2. The van der Waals surface area contributed by atoms with Crippen LogP contribution in [0.25, 0.3) is 11.4 Å². The molecule has 2 fully saturated rings. The van der Waals surface area contributed by atoms with E-state index in [2.05, 4.69) is 15.0 Å². The average Bonchev–Trinajstić information content (AvgIpc) is 3.29. The van der Waals surface area contributed by atoms with Gasteiger partial charge in [0.15, 0.2) is 0 Å². The minimum Gasteiger partial charge on any atom is -0.497 e. The van der Waals surface area contributed by atoms with Gasteiger partial charge in [-0.3, -0.25) is 4.90 Å². The van der Waals surface area contributed by atoms with Crippen LogP contribution in [0.4, 0.5) is 0 Å². The first-order valence-electron chi connectivity index (χ1n) is 8.74. The van der Waals surface area contributed by atoms with Crippen molar-refractivity contribution in [2.75, 3.05) is 26.9 Å². The van der Waals surface area contributed by atoms with Crippen molar-refractivity contribution in [3.63, 3.8) is 0 Å². The van der Waals surface area contributed by atoms with Crippen molar-refractivity contribution >= 4 is 0 Å². The van der Waals surface area contributed by atoms with E-state index in [1.54, 1.807) is 7.11 Å². The number of methoxy groups -OCH3 is 1. The van der Waals surface area contributed by atoms with Crippen molar-refractivity contribution < 1.29 is 19.1 Å². The Hall–Kier alpha value is -1.96. The number of aromatic nitrogens is 2. The number of ether oxygens (including phenoxy) is 2. The number of benzene rings is 1. The van der Waals surface area contributed by atoms with E-state index in [0.29, 0.717) is 30.7 Å². The smallest absolute Gasteiger partial charge is 0.244 e. The maximum Gasteiger partial charge on any atom is 0.244 e. The van der Waals surface area contributed by atoms with Gasteiger partial charge >= 0.3 is 0 Å². The summed E-state index contributed by atoms with van der Waals surface area (Å²) in [5.41, 5.74) is 0.881. The molecule has 134 valence electrons. The van der Waals surface area contributed by atoms with Gasteiger partial charge in [-0.15, -0.1) is 0 Å². The molecule has 2 aliphatic heterocycles. The van der Waals surface area contributed by atoms with E-state index in [9.17, 15) is 5.11 Å². The van der Waals surface area contributed by atoms with Gasteiger partial charge < -0.3 is 19.1 Å². The van der Waals surface area contributed by atoms with Crippen LogP contribution in [-0.4, -0.2) is 59.2 Å². The first-order valence-corrected chi connectivity index (χ1v) is 8.74. The Morgan fingerprint density at radius 3 is 2.68 bits per heavy atom. The third-order valence-corrected chi connectivity index (χ3v) is 5.05. The summed E-state index contributed by atoms with van der Waals surface area (Å²) < 4.78 is 16.2. The Morgan fingerprint density at radius 2 is 1.96 bits per heavy atom. The van der Waals surface area contributed by atoms with Crippen molar-refractivity contribution in [1.82, 2.24) is 15.0 Å². The van der Waals surface area contributed by atoms with Gasteiger partial charge in [-0.05, 0) is 43.5 Å². The van der Waals surface area contributed by atoms with Crippen LogP contribution in [0.2, 0.25) is 0 Å². The lowest BCUT2D eigenvalue weighted by molar-refractivity contribution is 0.0215. The predicted molar refractivity (Wildman–Crippen MR) is 90.2 cm³/mol. The molecule has 1 N–H and O–H groups in total. The highest BCUT2D eigenvalue weighted by Crippen LogP contribution is 2.36. The van der Waals surface area contributed by atoms with Crippen molar-refractivity contribution in [3.05, 3.63) is 30.2 Å². The standard InChI is InChI=1S/C18H23N3O4/c1-23-15-4-2-12(3-5-15)17-19-18(25-20-17)16-10-14(22)11-21(16)13-6-8-24-9-7-13/h2-5,13-14,16,22H,6-11H2,1H3. The van der Waals surface area contributed by atoms with Crippen LogP contribution in [-0.2, 0) is 4.74 Å². The van der Waals surface area contributed by atoms with Crippen LogP contribution in [0.15, 0.2) is 28.8 Å². The second-order valence-electron chi connectivity index (χ2n) is 6.63. The van der Waals surface area contributed by atoms with E-state index in [4.69, 9.17) is 14.0 Å². The van der Waals surface area contributed by atoms with Crippen molar-refractivity contribution in [2.24, 2.45) is 0 Å². The normalized spacial score (nSPS) is 25.4. The third kappa shape index (κ3) is 3.40. The second kappa shape index (κ2) is 7.11. The molecular formula is C18H23N3O4. The number of β-amino-alcohol motifs (C(OH)–C–C–N with tert-alkyl or cyclic N) is 1. The molecular weight excluding hydrogens is 322 g/mol. The summed E-state index contributed by atoms with van der Waals surface area (Å²) in [6.45, 7) is 2.19. The highest BCUT2D eigenvalue weighted by Gasteiger charge is 2.40. The SMILES string of the molecule is COc1ccc(-c2noc(C3CC(O)CN3C3CCOCC3)n2)cc1. The molecule has 2 unspecified atom stereocenters. The fraction of sp³-hybridized carbons (Fsp3) is 0.556. The highest BCUT2D eigenvalue weighted by atomic mass is 16.5. The number of aliphatic hydroxyl groups excluding tert-OH is 1. The number of hydrogen-bond donors (Lipinski definition) is 1. The molecule has 4 rings (SSSR count). The van der Waals surface area contributed by atoms with E-state index in [0.717, 1.165) is 37.4 Å². The zero-order valence-corrected chi connectivity index (χ0v) is 14.3. The van der Waals surface area contributed by atoms with Crippen LogP contribution >= 0.6 is 0 Å². The Labute approximate surface area is 146 Å². The van der Waals surface area contributed by atoms with Gasteiger partial charge in [0.1, 0.15) is 5.75 Å². The Balaban J connectivity index is 1.54. The molecule has 0 radical (unpaired) electrons. The summed E-state index contributed by atoms with van der Waals surface area (Å²) in [7, 11) is 1.64. The minimum absolute atomic E-state index is 0.0300. The van der Waals surface area contributed by atoms with Crippen LogP contribution in [0.1, 0.15) is 31.2 Å². The minimum atomic E-state index is -0.357. The molecule has 3 heterocycles.